The van der Waals surface area contributed by atoms with Gasteiger partial charge in [0.1, 0.15) is 5.82 Å². The summed E-state index contributed by atoms with van der Waals surface area (Å²) in [5, 5.41) is 0. The number of halogens is 1. The molecule has 2 aliphatic heterocycles. The zero-order valence-corrected chi connectivity index (χ0v) is 11.7. The second-order valence-electron chi connectivity index (χ2n) is 5.19. The molecule has 0 aromatic carbocycles. The minimum atomic E-state index is 0.731. The number of likely N-dealkylation sites (N-methyl/N-ethyl adjacent to an activating group) is 1. The van der Waals surface area contributed by atoms with Crippen LogP contribution in [0.4, 0.5) is 5.82 Å². The number of nitrogens with zero attached hydrogens (tertiary/aromatic N) is 3. The van der Waals surface area contributed by atoms with Crippen molar-refractivity contribution in [2.75, 3.05) is 31.6 Å². The molecule has 3 nitrogen and oxygen atoms in total. The molecule has 3 rings (SSSR count). The first-order valence-corrected chi connectivity index (χ1v) is 7.10. The third-order valence-electron chi connectivity index (χ3n) is 4.09. The second kappa shape index (κ2) is 4.58. The molecule has 0 aliphatic carbocycles. The molecule has 0 spiro atoms. The van der Waals surface area contributed by atoms with E-state index in [1.807, 2.05) is 6.20 Å². The molecular formula is C13H18BrN3. The lowest BCUT2D eigenvalue weighted by atomic mass is 9.93. The van der Waals surface area contributed by atoms with Gasteiger partial charge in [-0.2, -0.15) is 0 Å². The molecule has 0 amide bonds. The summed E-state index contributed by atoms with van der Waals surface area (Å²) >= 11 is 3.44. The summed E-state index contributed by atoms with van der Waals surface area (Å²) in [6, 6.07) is 4.92. The largest absolute Gasteiger partial charge is 0.355 e. The van der Waals surface area contributed by atoms with E-state index in [1.165, 1.54) is 25.9 Å². The van der Waals surface area contributed by atoms with E-state index in [0.717, 1.165) is 28.8 Å². The van der Waals surface area contributed by atoms with Gasteiger partial charge in [-0.05, 0) is 60.4 Å². The Bertz CT molecular complexity index is 392. The normalized spacial score (nSPS) is 29.4. The number of anilines is 1. The first-order chi connectivity index (χ1) is 8.24. The van der Waals surface area contributed by atoms with Gasteiger partial charge < -0.3 is 9.80 Å². The SMILES string of the molecule is CN1CCC[C@H]2CN(c3ccc(Br)cn3)C[C@H]21. The van der Waals surface area contributed by atoms with Crippen LogP contribution < -0.4 is 4.90 Å². The Morgan fingerprint density at radius 1 is 1.35 bits per heavy atom. The fourth-order valence-electron chi connectivity index (χ4n) is 3.15. The molecule has 0 N–H and O–H groups in total. The van der Waals surface area contributed by atoms with E-state index in [2.05, 4.69) is 49.9 Å². The van der Waals surface area contributed by atoms with Crippen LogP contribution in [0.15, 0.2) is 22.8 Å². The van der Waals surface area contributed by atoms with Gasteiger partial charge in [-0.1, -0.05) is 0 Å². The number of hydrogen-bond donors (Lipinski definition) is 0. The average molecular weight is 296 g/mol. The van der Waals surface area contributed by atoms with Crippen molar-refractivity contribution in [3.8, 4) is 0 Å². The lowest BCUT2D eigenvalue weighted by molar-refractivity contribution is 0.158. The van der Waals surface area contributed by atoms with Crippen LogP contribution in [-0.2, 0) is 0 Å². The van der Waals surface area contributed by atoms with Crippen LogP contribution in [0.3, 0.4) is 0 Å². The highest BCUT2D eigenvalue weighted by Gasteiger charge is 2.37. The van der Waals surface area contributed by atoms with Gasteiger partial charge in [-0.3, -0.25) is 0 Å². The van der Waals surface area contributed by atoms with Crippen molar-refractivity contribution >= 4 is 21.7 Å². The summed E-state index contributed by atoms with van der Waals surface area (Å²) in [4.78, 5) is 9.46. The fraction of sp³-hybridized carbons (Fsp3) is 0.615. The number of piperidine rings is 1. The maximum Gasteiger partial charge on any atom is 0.128 e. The molecule has 2 aliphatic rings. The topological polar surface area (TPSA) is 19.4 Å². The van der Waals surface area contributed by atoms with E-state index in [0.29, 0.717) is 0 Å². The van der Waals surface area contributed by atoms with Crippen LogP contribution in [-0.4, -0.2) is 42.6 Å². The predicted octanol–water partition coefficient (Wildman–Crippen LogP) is 2.37. The van der Waals surface area contributed by atoms with Gasteiger partial charge in [0.25, 0.3) is 0 Å². The molecule has 2 fully saturated rings. The molecule has 1 aromatic heterocycles. The fourth-order valence-corrected chi connectivity index (χ4v) is 3.38. The number of hydrogen-bond acceptors (Lipinski definition) is 3. The van der Waals surface area contributed by atoms with Crippen molar-refractivity contribution in [1.29, 1.82) is 0 Å². The molecule has 4 heteroatoms. The molecule has 0 saturated carbocycles. The van der Waals surface area contributed by atoms with Crippen molar-refractivity contribution in [2.45, 2.75) is 18.9 Å². The van der Waals surface area contributed by atoms with Crippen molar-refractivity contribution < 1.29 is 0 Å². The summed E-state index contributed by atoms with van der Waals surface area (Å²) in [6.07, 6.45) is 4.61. The van der Waals surface area contributed by atoms with Gasteiger partial charge in [0, 0.05) is 29.8 Å². The number of likely N-dealkylation sites (tertiary alicyclic amines) is 1. The van der Waals surface area contributed by atoms with Crippen molar-refractivity contribution in [3.05, 3.63) is 22.8 Å². The number of rotatable bonds is 1. The third-order valence-corrected chi connectivity index (χ3v) is 4.56. The molecule has 0 bridgehead atoms. The predicted molar refractivity (Wildman–Crippen MR) is 73.3 cm³/mol. The minimum absolute atomic E-state index is 0.731. The van der Waals surface area contributed by atoms with E-state index in [-0.39, 0.29) is 0 Å². The Hall–Kier alpha value is -0.610. The van der Waals surface area contributed by atoms with E-state index in [4.69, 9.17) is 0 Å². The third kappa shape index (κ3) is 2.20. The van der Waals surface area contributed by atoms with Crippen molar-refractivity contribution in [2.24, 2.45) is 5.92 Å². The Morgan fingerprint density at radius 3 is 2.94 bits per heavy atom. The maximum atomic E-state index is 4.50. The molecule has 2 atom stereocenters. The van der Waals surface area contributed by atoms with E-state index >= 15 is 0 Å². The van der Waals surface area contributed by atoms with Gasteiger partial charge in [0.05, 0.1) is 0 Å². The van der Waals surface area contributed by atoms with Crippen LogP contribution >= 0.6 is 15.9 Å². The second-order valence-corrected chi connectivity index (χ2v) is 6.11. The maximum absolute atomic E-state index is 4.50. The molecule has 1 aromatic rings. The number of fused-ring (bicyclic) bond motifs is 1. The Labute approximate surface area is 111 Å². The Kier molecular flexibility index (Phi) is 3.09. The van der Waals surface area contributed by atoms with E-state index < -0.39 is 0 Å². The monoisotopic (exact) mass is 295 g/mol. The highest BCUT2D eigenvalue weighted by molar-refractivity contribution is 9.10. The van der Waals surface area contributed by atoms with E-state index in [1.54, 1.807) is 0 Å². The van der Waals surface area contributed by atoms with Crippen LogP contribution in [0.25, 0.3) is 0 Å². The van der Waals surface area contributed by atoms with Gasteiger partial charge in [0.2, 0.25) is 0 Å². The first-order valence-electron chi connectivity index (χ1n) is 6.31. The summed E-state index contributed by atoms with van der Waals surface area (Å²) < 4.78 is 1.05. The molecular weight excluding hydrogens is 278 g/mol. The first kappa shape index (κ1) is 11.5. The van der Waals surface area contributed by atoms with Gasteiger partial charge in [0.15, 0.2) is 0 Å². The van der Waals surface area contributed by atoms with Gasteiger partial charge >= 0.3 is 0 Å². The molecule has 17 heavy (non-hydrogen) atoms. The van der Waals surface area contributed by atoms with Gasteiger partial charge in [-0.25, -0.2) is 4.98 Å². The summed E-state index contributed by atoms with van der Waals surface area (Å²) in [5.41, 5.74) is 0. The standard InChI is InChI=1S/C13H18BrN3/c1-16-6-2-3-10-8-17(9-12(10)16)13-5-4-11(14)7-15-13/h4-5,7,10,12H,2-3,6,8-9H2,1H3/t10-,12+/m0/s1. The summed E-state index contributed by atoms with van der Waals surface area (Å²) in [7, 11) is 2.26. The molecule has 0 radical (unpaired) electrons. The van der Waals surface area contributed by atoms with Crippen LogP contribution in [0.2, 0.25) is 0 Å². The van der Waals surface area contributed by atoms with E-state index in [9.17, 15) is 0 Å². The quantitative estimate of drug-likeness (QED) is 0.793. The molecule has 3 heterocycles. The van der Waals surface area contributed by atoms with Crippen LogP contribution in [0.1, 0.15) is 12.8 Å². The average Bonchev–Trinajstić information content (AvgIpc) is 2.75. The zero-order chi connectivity index (χ0) is 11.8. The molecule has 92 valence electrons. The highest BCUT2D eigenvalue weighted by Crippen LogP contribution is 2.31. The zero-order valence-electron chi connectivity index (χ0n) is 10.1. The van der Waals surface area contributed by atoms with Crippen molar-refractivity contribution in [1.82, 2.24) is 9.88 Å². The highest BCUT2D eigenvalue weighted by atomic mass is 79.9. The Balaban J connectivity index is 1.76. The van der Waals surface area contributed by atoms with Crippen molar-refractivity contribution in [3.63, 3.8) is 0 Å². The smallest absolute Gasteiger partial charge is 0.128 e. The summed E-state index contributed by atoms with van der Waals surface area (Å²) in [6.45, 7) is 3.56. The Morgan fingerprint density at radius 2 is 2.24 bits per heavy atom. The van der Waals surface area contributed by atoms with Gasteiger partial charge in [-0.15, -0.1) is 0 Å². The molecule has 2 saturated heterocycles. The lowest BCUT2D eigenvalue weighted by Crippen LogP contribution is -2.42. The molecule has 0 unspecified atom stereocenters. The van der Waals surface area contributed by atoms with Crippen LogP contribution in [0.5, 0.6) is 0 Å². The number of aromatic nitrogens is 1. The number of pyridine rings is 1. The summed E-state index contributed by atoms with van der Waals surface area (Å²) in [5.74, 6) is 1.95. The minimum Gasteiger partial charge on any atom is -0.355 e. The lowest BCUT2D eigenvalue weighted by Gasteiger charge is -2.33. The van der Waals surface area contributed by atoms with Crippen LogP contribution in [0, 0.1) is 5.92 Å².